The van der Waals surface area contributed by atoms with Gasteiger partial charge in [0.2, 0.25) is 11.8 Å². The van der Waals surface area contributed by atoms with Crippen LogP contribution in [0.15, 0.2) is 4.99 Å². The minimum Gasteiger partial charge on any atom is -0.481 e. The van der Waals surface area contributed by atoms with Crippen LogP contribution in [0.1, 0.15) is 25.7 Å². The van der Waals surface area contributed by atoms with Gasteiger partial charge in [-0.15, -0.1) is 11.6 Å². The molecule has 0 aromatic rings. The Morgan fingerprint density at radius 2 is 1.85 bits per heavy atom. The number of amides is 2. The molecule has 0 aliphatic heterocycles. The Morgan fingerprint density at radius 1 is 1.19 bits per heavy atom. The van der Waals surface area contributed by atoms with E-state index >= 15 is 0 Å². The number of carboxylic acid groups (broad SMARTS) is 1. The maximum Gasteiger partial charge on any atom is 0.303 e. The largest absolute Gasteiger partial charge is 0.481 e. The summed E-state index contributed by atoms with van der Waals surface area (Å²) in [4.78, 5) is 37.9. The number of hydrogen-bond donors (Lipinski definition) is 7. The van der Waals surface area contributed by atoms with Gasteiger partial charge in [0.25, 0.3) is 0 Å². The number of alkyl halides is 1. The van der Waals surface area contributed by atoms with E-state index < -0.39 is 36.0 Å². The third-order valence-corrected chi connectivity index (χ3v) is 3.68. The molecule has 3 atom stereocenters. The molecule has 11 nitrogen and oxygen atoms in total. The van der Waals surface area contributed by atoms with E-state index in [2.05, 4.69) is 15.6 Å². The molecule has 0 fully saturated rings. The van der Waals surface area contributed by atoms with Crippen LogP contribution in [0.4, 0.5) is 0 Å². The van der Waals surface area contributed by atoms with Crippen molar-refractivity contribution in [2.45, 2.75) is 43.9 Å². The Hall–Kier alpha value is -2.11. The van der Waals surface area contributed by atoms with Gasteiger partial charge in [0.15, 0.2) is 5.96 Å². The van der Waals surface area contributed by atoms with Crippen LogP contribution >= 0.6 is 11.6 Å². The second-order valence-electron chi connectivity index (χ2n) is 5.60. The zero-order chi connectivity index (χ0) is 20.1. The summed E-state index contributed by atoms with van der Waals surface area (Å²) < 4.78 is 0. The minimum atomic E-state index is -1.07. The van der Waals surface area contributed by atoms with Crippen molar-refractivity contribution >= 4 is 35.3 Å². The van der Waals surface area contributed by atoms with Crippen molar-refractivity contribution in [3.63, 3.8) is 0 Å². The molecule has 0 heterocycles. The summed E-state index contributed by atoms with van der Waals surface area (Å²) >= 11 is 5.62. The molecule has 0 rings (SSSR count). The molecule has 26 heavy (non-hydrogen) atoms. The highest BCUT2D eigenvalue weighted by Crippen LogP contribution is 2.05. The molecule has 150 valence electrons. The molecule has 12 heteroatoms. The number of rotatable bonds is 13. The smallest absolute Gasteiger partial charge is 0.303 e. The monoisotopic (exact) mass is 394 g/mol. The maximum absolute atomic E-state index is 11.9. The van der Waals surface area contributed by atoms with Gasteiger partial charge >= 0.3 is 5.97 Å². The van der Waals surface area contributed by atoms with E-state index in [4.69, 9.17) is 33.9 Å². The first-order valence-corrected chi connectivity index (χ1v) is 8.54. The Bertz CT molecular complexity index is 500. The van der Waals surface area contributed by atoms with E-state index in [1.807, 2.05) is 0 Å². The van der Waals surface area contributed by atoms with Crippen LogP contribution in [0.3, 0.4) is 0 Å². The second kappa shape index (κ2) is 13.1. The Labute approximate surface area is 156 Å². The highest BCUT2D eigenvalue weighted by Gasteiger charge is 2.21. The lowest BCUT2D eigenvalue weighted by atomic mass is 10.1. The standard InChI is InChI=1S/C14H27ClN6O5/c15-6-10(22)9(2-1-5-19-14(17)18)21-11(23)7-20-13(26)8(16)3-4-12(24)25/h8-10,22H,1-7,16H2,(H,20,26)(H,21,23)(H,24,25)(H4,17,18,19)/t8-,9-,10+/m0/s1. The lowest BCUT2D eigenvalue weighted by molar-refractivity contribution is -0.137. The number of nitrogens with two attached hydrogens (primary N) is 3. The zero-order valence-electron chi connectivity index (χ0n) is 14.4. The Morgan fingerprint density at radius 3 is 2.38 bits per heavy atom. The number of aliphatic imine (C=N–C) groups is 1. The number of hydrogen-bond acceptors (Lipinski definition) is 6. The van der Waals surface area contributed by atoms with Gasteiger partial charge in [-0.05, 0) is 19.3 Å². The van der Waals surface area contributed by atoms with Crippen LogP contribution < -0.4 is 27.8 Å². The van der Waals surface area contributed by atoms with Crippen molar-refractivity contribution in [3.05, 3.63) is 0 Å². The summed E-state index contributed by atoms with van der Waals surface area (Å²) in [5.74, 6) is -2.38. The number of aliphatic carboxylic acids is 1. The summed E-state index contributed by atoms with van der Waals surface area (Å²) in [6, 6.07) is -1.66. The van der Waals surface area contributed by atoms with Crippen LogP contribution in [-0.2, 0) is 14.4 Å². The Balaban J connectivity index is 4.36. The maximum atomic E-state index is 11.9. The number of aliphatic hydroxyl groups excluding tert-OH is 1. The van der Waals surface area contributed by atoms with Gasteiger partial charge in [-0.25, -0.2) is 0 Å². The molecule has 10 N–H and O–H groups in total. The second-order valence-corrected chi connectivity index (χ2v) is 5.91. The summed E-state index contributed by atoms with van der Waals surface area (Å²) in [6.07, 6.45) is -0.388. The van der Waals surface area contributed by atoms with Crippen LogP contribution in [-0.4, -0.2) is 71.1 Å². The van der Waals surface area contributed by atoms with Gasteiger partial charge in [0.05, 0.1) is 30.6 Å². The molecule has 0 unspecified atom stereocenters. The van der Waals surface area contributed by atoms with Crippen LogP contribution in [0.2, 0.25) is 0 Å². The van der Waals surface area contributed by atoms with Gasteiger partial charge in [0.1, 0.15) is 0 Å². The van der Waals surface area contributed by atoms with Crippen molar-refractivity contribution < 1.29 is 24.6 Å². The topological polar surface area (TPSA) is 206 Å². The molecule has 2 amide bonds. The summed E-state index contributed by atoms with van der Waals surface area (Å²) in [5.41, 5.74) is 16.0. The number of halogens is 1. The number of carbonyl (C=O) groups excluding carboxylic acids is 2. The van der Waals surface area contributed by atoms with Gasteiger partial charge in [-0.2, -0.15) is 0 Å². The van der Waals surface area contributed by atoms with E-state index in [1.54, 1.807) is 0 Å². The SMILES string of the molecule is NC(N)=NCCC[C@H](NC(=O)CNC(=O)[C@@H](N)CCC(=O)O)[C@H](O)CCl. The molecular weight excluding hydrogens is 368 g/mol. The van der Waals surface area contributed by atoms with E-state index in [-0.39, 0.29) is 31.2 Å². The van der Waals surface area contributed by atoms with Gasteiger partial charge in [-0.3, -0.25) is 19.4 Å². The fourth-order valence-corrected chi connectivity index (χ4v) is 2.17. The normalized spacial score (nSPS) is 14.0. The predicted molar refractivity (Wildman–Crippen MR) is 96.4 cm³/mol. The molecule has 0 radical (unpaired) electrons. The fourth-order valence-electron chi connectivity index (χ4n) is 1.95. The molecule has 0 saturated carbocycles. The van der Waals surface area contributed by atoms with E-state index in [1.165, 1.54) is 0 Å². The summed E-state index contributed by atoms with van der Waals surface area (Å²) in [7, 11) is 0. The predicted octanol–water partition coefficient (Wildman–Crippen LogP) is -2.57. The minimum absolute atomic E-state index is 0.0405. The average molecular weight is 395 g/mol. The van der Waals surface area contributed by atoms with E-state index in [0.717, 1.165) is 0 Å². The zero-order valence-corrected chi connectivity index (χ0v) is 15.1. The summed E-state index contributed by atoms with van der Waals surface area (Å²) in [6.45, 7) is -0.0299. The molecule has 0 aliphatic rings. The number of carboxylic acids is 1. The van der Waals surface area contributed by atoms with E-state index in [9.17, 15) is 19.5 Å². The quantitative estimate of drug-likeness (QED) is 0.0762. The number of aliphatic hydroxyl groups is 1. The highest BCUT2D eigenvalue weighted by molar-refractivity contribution is 6.18. The lowest BCUT2D eigenvalue weighted by Crippen LogP contribution is -2.50. The first-order valence-electron chi connectivity index (χ1n) is 8.01. The molecule has 0 bridgehead atoms. The first-order chi connectivity index (χ1) is 12.2. The van der Waals surface area contributed by atoms with Crippen LogP contribution in [0.5, 0.6) is 0 Å². The summed E-state index contributed by atoms with van der Waals surface area (Å²) in [5, 5.41) is 23.3. The molecule has 0 aliphatic carbocycles. The molecule has 0 saturated heterocycles. The van der Waals surface area contributed by atoms with Crippen LogP contribution in [0.25, 0.3) is 0 Å². The average Bonchev–Trinajstić information content (AvgIpc) is 2.58. The Kier molecular flexibility index (Phi) is 12.1. The van der Waals surface area contributed by atoms with Crippen molar-refractivity contribution in [3.8, 4) is 0 Å². The van der Waals surface area contributed by atoms with E-state index in [0.29, 0.717) is 19.4 Å². The fraction of sp³-hybridized carbons (Fsp3) is 0.714. The van der Waals surface area contributed by atoms with Crippen molar-refractivity contribution in [2.24, 2.45) is 22.2 Å². The molecular formula is C14H27ClN6O5. The highest BCUT2D eigenvalue weighted by atomic mass is 35.5. The lowest BCUT2D eigenvalue weighted by Gasteiger charge is -2.23. The third kappa shape index (κ3) is 11.4. The number of nitrogens with one attached hydrogen (secondary N) is 2. The van der Waals surface area contributed by atoms with Gasteiger partial charge in [-0.1, -0.05) is 0 Å². The van der Waals surface area contributed by atoms with Gasteiger partial charge < -0.3 is 38.0 Å². The number of guanidine groups is 1. The van der Waals surface area contributed by atoms with Crippen molar-refractivity contribution in [1.29, 1.82) is 0 Å². The molecule has 0 spiro atoms. The van der Waals surface area contributed by atoms with Crippen molar-refractivity contribution in [1.82, 2.24) is 10.6 Å². The molecule has 0 aromatic heterocycles. The molecule has 0 aromatic carbocycles. The first kappa shape index (κ1) is 23.9. The number of carbonyl (C=O) groups is 3. The number of nitrogens with zero attached hydrogens (tertiary/aromatic N) is 1. The third-order valence-electron chi connectivity index (χ3n) is 3.37. The van der Waals surface area contributed by atoms with Crippen LogP contribution in [0, 0.1) is 0 Å². The van der Waals surface area contributed by atoms with Crippen molar-refractivity contribution in [2.75, 3.05) is 19.0 Å². The van der Waals surface area contributed by atoms with Gasteiger partial charge in [0, 0.05) is 13.0 Å².